The maximum Gasteiger partial charge on any atom is 0.261 e. The fourth-order valence-electron chi connectivity index (χ4n) is 2.29. The third kappa shape index (κ3) is 4.24. The molecule has 0 aliphatic heterocycles. The Bertz CT molecular complexity index is 916. The zero-order valence-electron chi connectivity index (χ0n) is 13.7. The Kier molecular flexibility index (Phi) is 4.59. The molecule has 1 aliphatic carbocycles. The van der Waals surface area contributed by atoms with Crippen molar-refractivity contribution >= 4 is 27.4 Å². The SMILES string of the molecule is CC(=O)c1ccc(NS(=O)(=O)c2cccc(C(=O)NC3CC3)c2)cc1. The Hall–Kier alpha value is -2.67. The van der Waals surface area contributed by atoms with Crippen molar-refractivity contribution in [2.24, 2.45) is 0 Å². The van der Waals surface area contributed by atoms with E-state index in [4.69, 9.17) is 0 Å². The standard InChI is InChI=1S/C18H18N2O4S/c1-12(21)13-5-7-16(8-6-13)20-25(23,24)17-4-2-3-14(11-17)18(22)19-15-9-10-15/h2-8,11,15,20H,9-10H2,1H3,(H,19,22). The molecule has 2 aromatic rings. The summed E-state index contributed by atoms with van der Waals surface area (Å²) in [5.74, 6) is -0.367. The van der Waals surface area contributed by atoms with Crippen molar-refractivity contribution in [3.8, 4) is 0 Å². The smallest absolute Gasteiger partial charge is 0.261 e. The Morgan fingerprint density at radius 2 is 1.68 bits per heavy atom. The molecule has 0 atom stereocenters. The molecule has 6 nitrogen and oxygen atoms in total. The van der Waals surface area contributed by atoms with Crippen LogP contribution in [0.4, 0.5) is 5.69 Å². The minimum Gasteiger partial charge on any atom is -0.349 e. The van der Waals surface area contributed by atoms with Gasteiger partial charge in [-0.25, -0.2) is 8.42 Å². The second-order valence-electron chi connectivity index (χ2n) is 6.01. The van der Waals surface area contributed by atoms with E-state index in [1.54, 1.807) is 18.2 Å². The quantitative estimate of drug-likeness (QED) is 0.776. The number of benzene rings is 2. The summed E-state index contributed by atoms with van der Waals surface area (Å²) in [7, 11) is -3.83. The van der Waals surface area contributed by atoms with E-state index in [0.29, 0.717) is 16.8 Å². The molecular formula is C18H18N2O4S. The first kappa shape index (κ1) is 17.2. The van der Waals surface area contributed by atoms with Gasteiger partial charge in [0.2, 0.25) is 0 Å². The lowest BCUT2D eigenvalue weighted by Crippen LogP contribution is -2.25. The minimum atomic E-state index is -3.83. The summed E-state index contributed by atoms with van der Waals surface area (Å²) in [6, 6.07) is 12.3. The predicted molar refractivity (Wildman–Crippen MR) is 94.2 cm³/mol. The number of rotatable bonds is 6. The predicted octanol–water partition coefficient (Wildman–Crippen LogP) is 2.58. The van der Waals surface area contributed by atoms with Crippen molar-refractivity contribution in [1.82, 2.24) is 5.32 Å². The van der Waals surface area contributed by atoms with Crippen molar-refractivity contribution in [3.05, 3.63) is 59.7 Å². The van der Waals surface area contributed by atoms with Crippen molar-refractivity contribution in [2.75, 3.05) is 4.72 Å². The van der Waals surface area contributed by atoms with Gasteiger partial charge in [-0.3, -0.25) is 14.3 Å². The van der Waals surface area contributed by atoms with E-state index in [1.807, 2.05) is 0 Å². The largest absolute Gasteiger partial charge is 0.349 e. The van der Waals surface area contributed by atoms with Gasteiger partial charge in [-0.15, -0.1) is 0 Å². The number of nitrogens with one attached hydrogen (secondary N) is 2. The van der Waals surface area contributed by atoms with E-state index in [1.165, 1.54) is 37.3 Å². The highest BCUT2D eigenvalue weighted by Crippen LogP contribution is 2.21. The Labute approximate surface area is 146 Å². The van der Waals surface area contributed by atoms with Crippen LogP contribution in [0.25, 0.3) is 0 Å². The first-order valence-corrected chi connectivity index (χ1v) is 9.38. The molecule has 2 N–H and O–H groups in total. The van der Waals surface area contributed by atoms with E-state index >= 15 is 0 Å². The monoisotopic (exact) mass is 358 g/mol. The lowest BCUT2D eigenvalue weighted by molar-refractivity contribution is 0.0949. The van der Waals surface area contributed by atoms with Crippen LogP contribution in [0.15, 0.2) is 53.4 Å². The van der Waals surface area contributed by atoms with Gasteiger partial charge in [0.05, 0.1) is 4.90 Å². The molecule has 1 fully saturated rings. The van der Waals surface area contributed by atoms with Gasteiger partial charge in [-0.2, -0.15) is 0 Å². The molecule has 0 heterocycles. The van der Waals surface area contributed by atoms with Crippen molar-refractivity contribution in [1.29, 1.82) is 0 Å². The van der Waals surface area contributed by atoms with Crippen LogP contribution in [-0.4, -0.2) is 26.2 Å². The molecule has 0 saturated heterocycles. The summed E-state index contributed by atoms with van der Waals surface area (Å²) in [4.78, 5) is 23.4. The molecule has 2 aromatic carbocycles. The summed E-state index contributed by atoms with van der Waals surface area (Å²) in [5.41, 5.74) is 1.15. The molecule has 1 amide bonds. The van der Waals surface area contributed by atoms with Gasteiger partial charge in [0.15, 0.2) is 5.78 Å². The number of ketones is 1. The second-order valence-corrected chi connectivity index (χ2v) is 7.70. The normalized spacial score (nSPS) is 14.0. The summed E-state index contributed by atoms with van der Waals surface area (Å²) in [6.45, 7) is 1.44. The van der Waals surface area contributed by atoms with Gasteiger partial charge in [0.25, 0.3) is 15.9 Å². The maximum atomic E-state index is 12.5. The van der Waals surface area contributed by atoms with Gasteiger partial charge in [0, 0.05) is 22.9 Å². The Morgan fingerprint density at radius 1 is 1.00 bits per heavy atom. The Morgan fingerprint density at radius 3 is 2.28 bits per heavy atom. The van der Waals surface area contributed by atoms with Crippen molar-refractivity contribution in [3.63, 3.8) is 0 Å². The molecule has 0 aromatic heterocycles. The van der Waals surface area contributed by atoms with Crippen LogP contribution in [0.5, 0.6) is 0 Å². The van der Waals surface area contributed by atoms with Gasteiger partial charge < -0.3 is 5.32 Å². The third-order valence-corrected chi connectivity index (χ3v) is 5.24. The minimum absolute atomic E-state index is 0.00610. The molecule has 0 radical (unpaired) electrons. The van der Waals surface area contributed by atoms with E-state index in [0.717, 1.165) is 12.8 Å². The summed E-state index contributed by atoms with van der Waals surface area (Å²) >= 11 is 0. The van der Waals surface area contributed by atoms with Crippen molar-refractivity contribution < 1.29 is 18.0 Å². The van der Waals surface area contributed by atoms with Crippen LogP contribution in [0.1, 0.15) is 40.5 Å². The first-order valence-electron chi connectivity index (χ1n) is 7.90. The number of hydrogen-bond donors (Lipinski definition) is 2. The van der Waals surface area contributed by atoms with E-state index in [9.17, 15) is 18.0 Å². The number of anilines is 1. The molecule has 7 heteroatoms. The molecule has 1 saturated carbocycles. The number of carbonyl (C=O) groups excluding carboxylic acids is 2. The van der Waals surface area contributed by atoms with E-state index < -0.39 is 10.0 Å². The van der Waals surface area contributed by atoms with Gasteiger partial charge >= 0.3 is 0 Å². The topological polar surface area (TPSA) is 92.3 Å². The molecule has 0 spiro atoms. The Balaban J connectivity index is 1.79. The summed E-state index contributed by atoms with van der Waals surface area (Å²) in [5, 5.41) is 2.83. The van der Waals surface area contributed by atoms with E-state index in [-0.39, 0.29) is 22.6 Å². The maximum absolute atomic E-state index is 12.5. The number of carbonyl (C=O) groups is 2. The number of Topliss-reactive ketones (excluding diaryl/α,β-unsaturated/α-hetero) is 1. The highest BCUT2D eigenvalue weighted by molar-refractivity contribution is 7.92. The molecule has 130 valence electrons. The second kappa shape index (κ2) is 6.68. The molecular weight excluding hydrogens is 340 g/mol. The van der Waals surface area contributed by atoms with Crippen LogP contribution in [0, 0.1) is 0 Å². The van der Waals surface area contributed by atoms with E-state index in [2.05, 4.69) is 10.0 Å². The van der Waals surface area contributed by atoms with Crippen LogP contribution in [0.2, 0.25) is 0 Å². The molecule has 0 bridgehead atoms. The molecule has 1 aliphatic rings. The highest BCUT2D eigenvalue weighted by atomic mass is 32.2. The van der Waals surface area contributed by atoms with Crippen LogP contribution in [0.3, 0.4) is 0 Å². The molecule has 3 rings (SSSR count). The van der Waals surface area contributed by atoms with Crippen LogP contribution >= 0.6 is 0 Å². The number of amides is 1. The van der Waals surface area contributed by atoms with Gasteiger partial charge in [-0.05, 0) is 62.2 Å². The zero-order chi connectivity index (χ0) is 18.0. The lowest BCUT2D eigenvalue weighted by Gasteiger charge is -2.10. The fraction of sp³-hybridized carbons (Fsp3) is 0.222. The number of sulfonamides is 1. The summed E-state index contributed by atoms with van der Waals surface area (Å²) in [6.07, 6.45) is 1.92. The first-order chi connectivity index (χ1) is 11.8. The average Bonchev–Trinajstić information content (AvgIpc) is 3.39. The summed E-state index contributed by atoms with van der Waals surface area (Å²) < 4.78 is 27.5. The van der Waals surface area contributed by atoms with Crippen molar-refractivity contribution in [2.45, 2.75) is 30.7 Å². The third-order valence-electron chi connectivity index (χ3n) is 3.86. The fourth-order valence-corrected chi connectivity index (χ4v) is 3.39. The zero-order valence-corrected chi connectivity index (χ0v) is 14.5. The average molecular weight is 358 g/mol. The van der Waals surface area contributed by atoms with Gasteiger partial charge in [-0.1, -0.05) is 6.07 Å². The lowest BCUT2D eigenvalue weighted by atomic mass is 10.1. The molecule has 0 unspecified atom stereocenters. The van der Waals surface area contributed by atoms with Crippen LogP contribution < -0.4 is 10.0 Å². The van der Waals surface area contributed by atoms with Gasteiger partial charge in [0.1, 0.15) is 0 Å². The molecule has 25 heavy (non-hydrogen) atoms. The highest BCUT2D eigenvalue weighted by Gasteiger charge is 2.24. The number of hydrogen-bond acceptors (Lipinski definition) is 4. The van der Waals surface area contributed by atoms with Crippen LogP contribution in [-0.2, 0) is 10.0 Å².